The Morgan fingerprint density at radius 3 is 2.33 bits per heavy atom. The van der Waals surface area contributed by atoms with Gasteiger partial charge in [0.05, 0.1) is 5.56 Å². The van der Waals surface area contributed by atoms with Crippen molar-refractivity contribution in [1.29, 1.82) is 0 Å². The summed E-state index contributed by atoms with van der Waals surface area (Å²) in [6.45, 7) is 1.56. The molecular formula is C24H22N2O4. The molecule has 3 aromatic carbocycles. The third kappa shape index (κ3) is 5.04. The van der Waals surface area contributed by atoms with Gasteiger partial charge in [-0.15, -0.1) is 0 Å². The molecule has 0 saturated carbocycles. The molecule has 1 aliphatic heterocycles. The maximum absolute atomic E-state index is 12.2. The van der Waals surface area contributed by atoms with E-state index in [0.717, 1.165) is 18.5 Å². The molecule has 0 atom stereocenters. The molecule has 3 aromatic rings. The predicted octanol–water partition coefficient (Wildman–Crippen LogP) is 4.11. The van der Waals surface area contributed by atoms with Crippen molar-refractivity contribution in [2.75, 3.05) is 6.54 Å². The maximum atomic E-state index is 12.2. The van der Waals surface area contributed by atoms with Crippen LogP contribution in [0.25, 0.3) is 0 Å². The van der Waals surface area contributed by atoms with Crippen LogP contribution >= 0.6 is 0 Å². The van der Waals surface area contributed by atoms with Gasteiger partial charge in [-0.2, -0.15) is 0 Å². The van der Waals surface area contributed by atoms with Gasteiger partial charge in [0.15, 0.2) is 0 Å². The van der Waals surface area contributed by atoms with Crippen LogP contribution < -0.4 is 10.2 Å². The molecule has 1 amide bonds. The fourth-order valence-corrected chi connectivity index (χ4v) is 3.32. The van der Waals surface area contributed by atoms with Crippen molar-refractivity contribution in [3.05, 3.63) is 101 Å². The highest BCUT2D eigenvalue weighted by Gasteiger charge is 2.18. The van der Waals surface area contributed by atoms with Gasteiger partial charge in [-0.05, 0) is 47.4 Å². The zero-order valence-corrected chi connectivity index (χ0v) is 16.4. The quantitative estimate of drug-likeness (QED) is 0.651. The second-order valence-corrected chi connectivity index (χ2v) is 7.03. The number of carbonyl (C=O) groups is 2. The molecule has 0 radical (unpaired) electrons. The highest BCUT2D eigenvalue weighted by atomic mass is 16.6. The van der Waals surface area contributed by atoms with Gasteiger partial charge >= 0.3 is 12.1 Å². The van der Waals surface area contributed by atoms with Gasteiger partial charge in [0, 0.05) is 13.1 Å². The first-order valence-corrected chi connectivity index (χ1v) is 9.79. The van der Waals surface area contributed by atoms with Crippen molar-refractivity contribution in [2.24, 2.45) is 0 Å². The molecule has 0 bridgehead atoms. The van der Waals surface area contributed by atoms with Gasteiger partial charge < -0.3 is 9.47 Å². The Morgan fingerprint density at radius 1 is 0.867 bits per heavy atom. The number of fused-ring (bicyclic) bond motifs is 1. The second-order valence-electron chi connectivity index (χ2n) is 7.03. The van der Waals surface area contributed by atoms with Crippen LogP contribution in [-0.4, -0.2) is 23.6 Å². The van der Waals surface area contributed by atoms with E-state index in [1.807, 2.05) is 47.5 Å². The topological polar surface area (TPSA) is 67.9 Å². The lowest BCUT2D eigenvalue weighted by Gasteiger charge is -2.28. The van der Waals surface area contributed by atoms with Crippen LogP contribution in [0.2, 0.25) is 0 Å². The predicted molar refractivity (Wildman–Crippen MR) is 112 cm³/mol. The number of esters is 1. The first-order valence-electron chi connectivity index (χ1n) is 9.79. The number of amides is 1. The first kappa shape index (κ1) is 19.7. The standard InChI is InChI=1S/C24H22N2O4/c27-23(29-17-18-6-2-1-3-7-18)20-10-12-22(13-11-20)30-24(28)25-26-15-14-19-8-4-5-9-21(19)16-26/h1-13H,14-17H2,(H,25,28). The molecule has 0 saturated heterocycles. The molecule has 4 rings (SSSR count). The van der Waals surface area contributed by atoms with Gasteiger partial charge in [-0.25, -0.2) is 14.6 Å². The van der Waals surface area contributed by atoms with Crippen LogP contribution in [0.15, 0.2) is 78.9 Å². The number of nitrogens with one attached hydrogen (secondary N) is 1. The molecule has 152 valence electrons. The summed E-state index contributed by atoms with van der Waals surface area (Å²) in [5.41, 5.74) is 6.58. The SMILES string of the molecule is O=C(NN1CCc2ccccc2C1)Oc1ccc(C(=O)OCc2ccccc2)cc1. The molecule has 1 heterocycles. The van der Waals surface area contributed by atoms with E-state index in [1.54, 1.807) is 24.3 Å². The van der Waals surface area contributed by atoms with E-state index in [4.69, 9.17) is 9.47 Å². The number of ether oxygens (including phenoxy) is 2. The van der Waals surface area contributed by atoms with Crippen LogP contribution in [0.1, 0.15) is 27.0 Å². The maximum Gasteiger partial charge on any atom is 0.427 e. The van der Waals surface area contributed by atoms with E-state index >= 15 is 0 Å². The molecule has 30 heavy (non-hydrogen) atoms. The molecule has 0 aliphatic carbocycles. The van der Waals surface area contributed by atoms with Crippen LogP contribution in [0, 0.1) is 0 Å². The third-order valence-corrected chi connectivity index (χ3v) is 4.89. The fourth-order valence-electron chi connectivity index (χ4n) is 3.32. The Hall–Kier alpha value is -3.64. The lowest BCUT2D eigenvalue weighted by Crippen LogP contribution is -2.46. The number of benzene rings is 3. The van der Waals surface area contributed by atoms with Crippen molar-refractivity contribution in [3.8, 4) is 5.75 Å². The zero-order valence-electron chi connectivity index (χ0n) is 16.4. The van der Waals surface area contributed by atoms with Gasteiger partial charge in [-0.1, -0.05) is 54.6 Å². The summed E-state index contributed by atoms with van der Waals surface area (Å²) in [6.07, 6.45) is 0.310. The minimum atomic E-state index is -0.561. The van der Waals surface area contributed by atoms with Gasteiger partial charge in [0.2, 0.25) is 0 Å². The highest BCUT2D eigenvalue weighted by Crippen LogP contribution is 2.18. The van der Waals surface area contributed by atoms with E-state index in [1.165, 1.54) is 11.1 Å². The van der Waals surface area contributed by atoms with Crippen molar-refractivity contribution in [3.63, 3.8) is 0 Å². The summed E-state index contributed by atoms with van der Waals surface area (Å²) in [6, 6.07) is 24.0. The third-order valence-electron chi connectivity index (χ3n) is 4.89. The van der Waals surface area contributed by atoms with Crippen molar-refractivity contribution in [1.82, 2.24) is 10.4 Å². The van der Waals surface area contributed by atoms with Crippen molar-refractivity contribution in [2.45, 2.75) is 19.6 Å². The lowest BCUT2D eigenvalue weighted by molar-refractivity contribution is 0.0472. The van der Waals surface area contributed by atoms with Crippen molar-refractivity contribution >= 4 is 12.1 Å². The van der Waals surface area contributed by atoms with Gasteiger partial charge in [-0.3, -0.25) is 5.43 Å². The summed E-state index contributed by atoms with van der Waals surface area (Å²) < 4.78 is 10.6. The normalized spacial score (nSPS) is 13.2. The fraction of sp³-hybridized carbons (Fsp3) is 0.167. The summed E-state index contributed by atoms with van der Waals surface area (Å²) in [5.74, 6) is -0.0774. The number of hydrazine groups is 1. The number of nitrogens with zero attached hydrogens (tertiary/aromatic N) is 1. The summed E-state index contributed by atoms with van der Waals surface area (Å²) >= 11 is 0. The number of hydrogen-bond donors (Lipinski definition) is 1. The Labute approximate surface area is 175 Å². The van der Waals surface area contributed by atoms with Crippen LogP contribution in [0.5, 0.6) is 5.75 Å². The monoisotopic (exact) mass is 402 g/mol. The Kier molecular flexibility index (Phi) is 6.06. The molecule has 1 N–H and O–H groups in total. The average molecular weight is 402 g/mol. The average Bonchev–Trinajstić information content (AvgIpc) is 2.78. The lowest BCUT2D eigenvalue weighted by atomic mass is 10.0. The van der Waals surface area contributed by atoms with Gasteiger partial charge in [0.1, 0.15) is 12.4 Å². The molecule has 1 aliphatic rings. The largest absolute Gasteiger partial charge is 0.457 e. The first-order chi connectivity index (χ1) is 14.7. The van der Waals surface area contributed by atoms with E-state index < -0.39 is 12.1 Å². The molecule has 6 nitrogen and oxygen atoms in total. The molecule has 0 aromatic heterocycles. The van der Waals surface area contributed by atoms with E-state index in [2.05, 4.69) is 17.6 Å². The van der Waals surface area contributed by atoms with E-state index in [-0.39, 0.29) is 6.61 Å². The molecule has 6 heteroatoms. The number of carbonyl (C=O) groups excluding carboxylic acids is 2. The Balaban J connectivity index is 1.27. The van der Waals surface area contributed by atoms with Crippen LogP contribution in [0.3, 0.4) is 0 Å². The van der Waals surface area contributed by atoms with E-state index in [0.29, 0.717) is 17.9 Å². The van der Waals surface area contributed by atoms with Crippen molar-refractivity contribution < 1.29 is 19.1 Å². The Morgan fingerprint density at radius 2 is 1.57 bits per heavy atom. The highest BCUT2D eigenvalue weighted by molar-refractivity contribution is 5.89. The molecule has 0 spiro atoms. The van der Waals surface area contributed by atoms with Gasteiger partial charge in [0.25, 0.3) is 0 Å². The smallest absolute Gasteiger partial charge is 0.427 e. The zero-order chi connectivity index (χ0) is 20.8. The molecule has 0 fully saturated rings. The minimum Gasteiger partial charge on any atom is -0.457 e. The molecule has 0 unspecified atom stereocenters. The second kappa shape index (κ2) is 9.24. The van der Waals surface area contributed by atoms with Crippen LogP contribution in [-0.2, 0) is 24.3 Å². The van der Waals surface area contributed by atoms with E-state index in [9.17, 15) is 9.59 Å². The minimum absolute atomic E-state index is 0.208. The summed E-state index contributed by atoms with van der Waals surface area (Å²) in [5, 5.41) is 1.83. The summed E-state index contributed by atoms with van der Waals surface area (Å²) in [4.78, 5) is 24.4. The number of hydrogen-bond acceptors (Lipinski definition) is 5. The number of rotatable bonds is 5. The summed E-state index contributed by atoms with van der Waals surface area (Å²) in [7, 11) is 0. The Bertz CT molecular complexity index is 1020. The van der Waals surface area contributed by atoms with Crippen LogP contribution in [0.4, 0.5) is 4.79 Å². The molecular weight excluding hydrogens is 380 g/mol.